The maximum Gasteiger partial charge on any atom is 0.329 e. The molecule has 1 aromatic rings. The van der Waals surface area contributed by atoms with E-state index in [9.17, 15) is 14.7 Å². The molecule has 1 aliphatic carbocycles. The quantitative estimate of drug-likeness (QED) is 0.901. The van der Waals surface area contributed by atoms with Crippen LogP contribution in [0.2, 0.25) is 4.34 Å². The zero-order valence-electron chi connectivity index (χ0n) is 10.6. The van der Waals surface area contributed by atoms with Crippen molar-refractivity contribution in [1.29, 1.82) is 0 Å². The second-order valence-corrected chi connectivity index (χ2v) is 6.86. The summed E-state index contributed by atoms with van der Waals surface area (Å²) >= 11 is 6.95. The molecule has 1 aromatic heterocycles. The van der Waals surface area contributed by atoms with Gasteiger partial charge >= 0.3 is 5.97 Å². The van der Waals surface area contributed by atoms with Crippen molar-refractivity contribution in [3.8, 4) is 0 Å². The van der Waals surface area contributed by atoms with E-state index in [1.807, 2.05) is 6.92 Å². The summed E-state index contributed by atoms with van der Waals surface area (Å²) in [6.45, 7) is 2.02. The first-order chi connectivity index (χ1) is 8.93. The number of halogens is 1. The standard InChI is InChI=1S/C13H16ClNO3S/c1-8-3-2-6-13(7-8,12(17)18)15-11(16)9-4-5-10(14)19-9/h4-5,8H,2-3,6-7H2,1H3,(H,15,16)(H,17,18). The van der Waals surface area contributed by atoms with Gasteiger partial charge in [-0.3, -0.25) is 4.79 Å². The lowest BCUT2D eigenvalue weighted by molar-refractivity contribution is -0.146. The fraction of sp³-hybridized carbons (Fsp3) is 0.538. The van der Waals surface area contributed by atoms with E-state index in [-0.39, 0.29) is 5.91 Å². The molecule has 0 spiro atoms. The van der Waals surface area contributed by atoms with Crippen LogP contribution in [0.25, 0.3) is 0 Å². The van der Waals surface area contributed by atoms with Gasteiger partial charge in [0.1, 0.15) is 5.54 Å². The molecule has 0 saturated heterocycles. The number of rotatable bonds is 3. The van der Waals surface area contributed by atoms with Crippen LogP contribution in [0.5, 0.6) is 0 Å². The van der Waals surface area contributed by atoms with Gasteiger partial charge < -0.3 is 10.4 Å². The Kier molecular flexibility index (Phi) is 4.16. The van der Waals surface area contributed by atoms with E-state index in [1.54, 1.807) is 12.1 Å². The van der Waals surface area contributed by atoms with Crippen LogP contribution in [0.3, 0.4) is 0 Å². The number of carboxylic acids is 1. The van der Waals surface area contributed by atoms with Gasteiger partial charge in [-0.05, 0) is 30.9 Å². The molecule has 2 N–H and O–H groups in total. The first-order valence-corrected chi connectivity index (χ1v) is 7.44. The van der Waals surface area contributed by atoms with Crippen molar-refractivity contribution in [3.05, 3.63) is 21.3 Å². The number of carbonyl (C=O) groups is 2. The second-order valence-electron chi connectivity index (χ2n) is 5.15. The van der Waals surface area contributed by atoms with E-state index in [1.165, 1.54) is 0 Å². The Balaban J connectivity index is 2.17. The molecule has 0 aromatic carbocycles. The fourth-order valence-electron chi connectivity index (χ4n) is 2.63. The molecule has 0 aliphatic heterocycles. The van der Waals surface area contributed by atoms with Gasteiger partial charge in [0.25, 0.3) is 5.91 Å². The summed E-state index contributed by atoms with van der Waals surface area (Å²) in [7, 11) is 0. The fourth-order valence-corrected chi connectivity index (χ4v) is 3.57. The molecule has 1 saturated carbocycles. The highest BCUT2D eigenvalue weighted by molar-refractivity contribution is 7.18. The number of aliphatic carboxylic acids is 1. The van der Waals surface area contributed by atoms with E-state index in [4.69, 9.17) is 11.6 Å². The minimum absolute atomic E-state index is 0.303. The molecule has 1 heterocycles. The monoisotopic (exact) mass is 301 g/mol. The van der Waals surface area contributed by atoms with Gasteiger partial charge in [-0.25, -0.2) is 4.79 Å². The summed E-state index contributed by atoms with van der Waals surface area (Å²) < 4.78 is 0.520. The van der Waals surface area contributed by atoms with Gasteiger partial charge in [0, 0.05) is 0 Å². The molecule has 2 atom stereocenters. The zero-order valence-corrected chi connectivity index (χ0v) is 12.2. The van der Waals surface area contributed by atoms with Crippen LogP contribution in [0.4, 0.5) is 0 Å². The molecule has 0 radical (unpaired) electrons. The summed E-state index contributed by atoms with van der Waals surface area (Å²) in [6, 6.07) is 3.25. The van der Waals surface area contributed by atoms with E-state index >= 15 is 0 Å². The second kappa shape index (κ2) is 5.51. The minimum Gasteiger partial charge on any atom is -0.480 e. The highest BCUT2D eigenvalue weighted by Crippen LogP contribution is 2.33. The van der Waals surface area contributed by atoms with Gasteiger partial charge in [-0.1, -0.05) is 31.4 Å². The van der Waals surface area contributed by atoms with Gasteiger partial charge in [0.2, 0.25) is 0 Å². The Morgan fingerprint density at radius 1 is 1.53 bits per heavy atom. The number of thiophene rings is 1. The molecule has 2 rings (SSSR count). The molecule has 104 valence electrons. The average molecular weight is 302 g/mol. The Labute approximate surface area is 120 Å². The van der Waals surface area contributed by atoms with Gasteiger partial charge in [-0.2, -0.15) is 0 Å². The van der Waals surface area contributed by atoms with Crippen LogP contribution in [0.15, 0.2) is 12.1 Å². The van der Waals surface area contributed by atoms with Crippen LogP contribution < -0.4 is 5.32 Å². The normalized spacial score (nSPS) is 26.9. The highest BCUT2D eigenvalue weighted by Gasteiger charge is 2.43. The molecule has 6 heteroatoms. The van der Waals surface area contributed by atoms with Gasteiger partial charge in [-0.15, -0.1) is 11.3 Å². The van der Waals surface area contributed by atoms with E-state index in [0.717, 1.165) is 24.2 Å². The summed E-state index contributed by atoms with van der Waals surface area (Å²) in [5, 5.41) is 12.2. The third-order valence-corrected chi connectivity index (χ3v) is 4.79. The highest BCUT2D eigenvalue weighted by atomic mass is 35.5. The lowest BCUT2D eigenvalue weighted by Crippen LogP contribution is -2.56. The third-order valence-electron chi connectivity index (χ3n) is 3.56. The smallest absolute Gasteiger partial charge is 0.329 e. The SMILES string of the molecule is CC1CCCC(NC(=O)c2ccc(Cl)s2)(C(=O)O)C1. The van der Waals surface area contributed by atoms with E-state index in [0.29, 0.717) is 28.0 Å². The number of nitrogens with one attached hydrogen (secondary N) is 1. The van der Waals surface area contributed by atoms with Crippen LogP contribution >= 0.6 is 22.9 Å². The molecule has 0 bridgehead atoms. The maximum absolute atomic E-state index is 12.1. The van der Waals surface area contributed by atoms with Crippen molar-refractivity contribution < 1.29 is 14.7 Å². The summed E-state index contributed by atoms with van der Waals surface area (Å²) in [6.07, 6.45) is 2.79. The molecule has 4 nitrogen and oxygen atoms in total. The summed E-state index contributed by atoms with van der Waals surface area (Å²) in [5.41, 5.74) is -1.13. The Morgan fingerprint density at radius 3 is 2.79 bits per heavy atom. The van der Waals surface area contributed by atoms with Crippen molar-refractivity contribution in [2.45, 2.75) is 38.1 Å². The van der Waals surface area contributed by atoms with Crippen molar-refractivity contribution in [2.75, 3.05) is 0 Å². The molecule has 1 aliphatic rings. The number of hydrogen-bond donors (Lipinski definition) is 2. The van der Waals surface area contributed by atoms with Crippen molar-refractivity contribution >= 4 is 34.8 Å². The Bertz CT molecular complexity index is 502. The van der Waals surface area contributed by atoms with Gasteiger partial charge in [0.05, 0.1) is 9.21 Å². The number of amides is 1. The minimum atomic E-state index is -1.13. The van der Waals surface area contributed by atoms with Crippen LogP contribution in [0.1, 0.15) is 42.3 Å². The van der Waals surface area contributed by atoms with E-state index in [2.05, 4.69) is 5.32 Å². The lowest BCUT2D eigenvalue weighted by atomic mass is 9.76. The Morgan fingerprint density at radius 2 is 2.26 bits per heavy atom. The Hall–Kier alpha value is -1.07. The number of carboxylic acid groups (broad SMARTS) is 1. The van der Waals surface area contributed by atoms with E-state index < -0.39 is 11.5 Å². The zero-order chi connectivity index (χ0) is 14.0. The molecular weight excluding hydrogens is 286 g/mol. The molecule has 19 heavy (non-hydrogen) atoms. The number of carbonyl (C=O) groups excluding carboxylic acids is 1. The molecular formula is C13H16ClNO3S. The molecule has 1 fully saturated rings. The van der Waals surface area contributed by atoms with Crippen LogP contribution in [-0.2, 0) is 4.79 Å². The average Bonchev–Trinajstić information content (AvgIpc) is 2.75. The number of hydrogen-bond acceptors (Lipinski definition) is 3. The van der Waals surface area contributed by atoms with Crippen molar-refractivity contribution in [3.63, 3.8) is 0 Å². The first kappa shape index (κ1) is 14.3. The van der Waals surface area contributed by atoms with Crippen LogP contribution in [-0.4, -0.2) is 22.5 Å². The first-order valence-electron chi connectivity index (χ1n) is 6.24. The third kappa shape index (κ3) is 3.09. The maximum atomic E-state index is 12.1. The predicted octanol–water partition coefficient (Wildman–Crippen LogP) is 3.16. The van der Waals surface area contributed by atoms with Crippen molar-refractivity contribution in [1.82, 2.24) is 5.32 Å². The largest absolute Gasteiger partial charge is 0.480 e. The molecule has 2 unspecified atom stereocenters. The van der Waals surface area contributed by atoms with Crippen molar-refractivity contribution in [2.24, 2.45) is 5.92 Å². The summed E-state index contributed by atoms with van der Waals surface area (Å²) in [5.74, 6) is -1.000. The van der Waals surface area contributed by atoms with Crippen LogP contribution in [0, 0.1) is 5.92 Å². The summed E-state index contributed by atoms with van der Waals surface area (Å²) in [4.78, 5) is 24.1. The topological polar surface area (TPSA) is 66.4 Å². The molecule has 1 amide bonds. The van der Waals surface area contributed by atoms with Gasteiger partial charge in [0.15, 0.2) is 0 Å². The lowest BCUT2D eigenvalue weighted by Gasteiger charge is -2.36. The predicted molar refractivity (Wildman–Crippen MR) is 74.8 cm³/mol.